The lowest BCUT2D eigenvalue weighted by molar-refractivity contribution is -0.343. The molecule has 10 nitrogen and oxygen atoms in total. The third kappa shape index (κ3) is 3.54. The zero-order valence-electron chi connectivity index (χ0n) is 22.6. The van der Waals surface area contributed by atoms with Crippen LogP contribution in [-0.4, -0.2) is 81.0 Å². The van der Waals surface area contributed by atoms with Gasteiger partial charge in [-0.15, -0.1) is 0 Å². The quantitative estimate of drug-likeness (QED) is 0.376. The Labute approximate surface area is 225 Å². The second-order valence-corrected chi connectivity index (χ2v) is 12.0. The van der Waals surface area contributed by atoms with Crippen molar-refractivity contribution in [3.63, 3.8) is 0 Å². The number of rotatable bonds is 3. The van der Waals surface area contributed by atoms with Gasteiger partial charge in [-0.2, -0.15) is 0 Å². The molecule has 3 aliphatic carbocycles. The smallest absolute Gasteiger partial charge is 0.338 e. The fourth-order valence-electron chi connectivity index (χ4n) is 7.45. The first-order valence-electron chi connectivity index (χ1n) is 13.1. The molecule has 1 aliphatic heterocycles. The molecule has 0 unspecified atom stereocenters. The molecule has 0 aromatic heterocycles. The van der Waals surface area contributed by atoms with Gasteiger partial charge in [-0.1, -0.05) is 32.0 Å². The number of aliphatic hydroxyl groups excluding tert-OH is 2. The van der Waals surface area contributed by atoms with Crippen LogP contribution in [0.4, 0.5) is 0 Å². The van der Waals surface area contributed by atoms with Crippen LogP contribution in [0.3, 0.4) is 0 Å². The van der Waals surface area contributed by atoms with E-state index in [2.05, 4.69) is 0 Å². The van der Waals surface area contributed by atoms with Crippen LogP contribution in [0.2, 0.25) is 0 Å². The van der Waals surface area contributed by atoms with E-state index in [1.165, 1.54) is 32.9 Å². The Kier molecular flexibility index (Phi) is 6.23. The maximum atomic E-state index is 14.2. The molecule has 10 heteroatoms. The van der Waals surface area contributed by atoms with Crippen molar-refractivity contribution in [3.05, 3.63) is 47.0 Å². The summed E-state index contributed by atoms with van der Waals surface area (Å²) in [5.41, 5.74) is -6.86. The minimum atomic E-state index is -2.13. The van der Waals surface area contributed by atoms with Crippen molar-refractivity contribution in [2.24, 2.45) is 16.7 Å². The zero-order chi connectivity index (χ0) is 28.7. The highest BCUT2D eigenvalue weighted by atomic mass is 16.6. The summed E-state index contributed by atoms with van der Waals surface area (Å²) in [7, 11) is 0. The Bertz CT molecular complexity index is 1280. The number of benzene rings is 1. The number of ether oxygens (including phenoxy) is 3. The number of fused-ring (bicyclic) bond motifs is 5. The van der Waals surface area contributed by atoms with Crippen LogP contribution in [0.5, 0.6) is 0 Å². The van der Waals surface area contributed by atoms with E-state index in [0.29, 0.717) is 0 Å². The lowest BCUT2D eigenvalue weighted by atomic mass is 9.45. The number of Topliss-reactive ketones (excluding diaryl/α,β-unsaturated/α-hetero) is 2. The van der Waals surface area contributed by atoms with E-state index < -0.39 is 75.9 Å². The average Bonchev–Trinajstić information content (AvgIpc) is 2.87. The van der Waals surface area contributed by atoms with Crippen molar-refractivity contribution in [2.75, 3.05) is 6.61 Å². The SMILES string of the molecule is CC(=O)O[C@@]12CO[C@@H]1C[C@H](O)[C@@]1(C)C(=O)C(=O)C3=C(C)[C@@H](O)C[C@@](O)([C@@H](OC(=O)c4ccccc4)[C@H]21)C3(C)C. The molecular weight excluding hydrogens is 508 g/mol. The molecule has 210 valence electrons. The summed E-state index contributed by atoms with van der Waals surface area (Å²) in [5.74, 6) is -4.86. The summed E-state index contributed by atoms with van der Waals surface area (Å²) in [6, 6.07) is 8.02. The van der Waals surface area contributed by atoms with Gasteiger partial charge in [-0.3, -0.25) is 14.4 Å². The van der Waals surface area contributed by atoms with E-state index in [1.54, 1.807) is 32.0 Å². The minimum absolute atomic E-state index is 0.0881. The summed E-state index contributed by atoms with van der Waals surface area (Å²) in [6.45, 7) is 7.00. The predicted molar refractivity (Wildman–Crippen MR) is 134 cm³/mol. The van der Waals surface area contributed by atoms with E-state index >= 15 is 0 Å². The first-order valence-corrected chi connectivity index (χ1v) is 13.1. The van der Waals surface area contributed by atoms with Gasteiger partial charge in [-0.25, -0.2) is 4.79 Å². The second-order valence-electron chi connectivity index (χ2n) is 12.0. The van der Waals surface area contributed by atoms with Crippen molar-refractivity contribution in [2.45, 2.75) is 83.1 Å². The van der Waals surface area contributed by atoms with Gasteiger partial charge in [0.25, 0.3) is 0 Å². The van der Waals surface area contributed by atoms with Gasteiger partial charge in [0.1, 0.15) is 17.8 Å². The standard InChI is InChI=1S/C29H34O10/c1-14-17(31)12-29(36)24(38-25(35)16-9-7-6-8-10-16)22-27(5,23(34)21(33)20(14)26(29,3)4)18(32)11-19-28(22,13-37-19)39-15(2)30/h6-10,17-19,22,24,31-32,36H,11-13H2,1-5H3/t17-,18-,19+,22-,24-,27+,28-,29+/m0/s1. The lowest BCUT2D eigenvalue weighted by Crippen LogP contribution is -2.81. The first kappa shape index (κ1) is 27.6. The molecule has 3 N–H and O–H groups in total. The molecule has 0 spiro atoms. The molecular formula is C29H34O10. The Morgan fingerprint density at radius 2 is 1.72 bits per heavy atom. The van der Waals surface area contributed by atoms with Crippen molar-refractivity contribution >= 4 is 23.5 Å². The van der Waals surface area contributed by atoms with Crippen LogP contribution >= 0.6 is 0 Å². The minimum Gasteiger partial charge on any atom is -0.455 e. The number of esters is 2. The highest BCUT2D eigenvalue weighted by Crippen LogP contribution is 2.63. The number of aliphatic hydroxyl groups is 3. The van der Waals surface area contributed by atoms with Crippen LogP contribution in [0, 0.1) is 16.7 Å². The molecule has 1 heterocycles. The van der Waals surface area contributed by atoms with Crippen LogP contribution < -0.4 is 0 Å². The summed E-state index contributed by atoms with van der Waals surface area (Å²) in [6.07, 6.45) is -5.74. The molecule has 1 aromatic carbocycles. The van der Waals surface area contributed by atoms with Gasteiger partial charge in [0.2, 0.25) is 11.6 Å². The maximum absolute atomic E-state index is 14.2. The fourth-order valence-corrected chi connectivity index (χ4v) is 7.45. The van der Waals surface area contributed by atoms with Crippen molar-refractivity contribution in [1.29, 1.82) is 0 Å². The molecule has 39 heavy (non-hydrogen) atoms. The van der Waals surface area contributed by atoms with E-state index in [9.17, 15) is 34.5 Å². The van der Waals surface area contributed by atoms with E-state index in [0.717, 1.165) is 0 Å². The normalized spacial score (nSPS) is 40.9. The van der Waals surface area contributed by atoms with Gasteiger partial charge >= 0.3 is 11.9 Å². The molecule has 8 atom stereocenters. The van der Waals surface area contributed by atoms with Gasteiger partial charge in [-0.05, 0) is 31.6 Å². The molecule has 3 fully saturated rings. The summed E-state index contributed by atoms with van der Waals surface area (Å²) < 4.78 is 17.6. The maximum Gasteiger partial charge on any atom is 0.338 e. The highest BCUT2D eigenvalue weighted by molar-refractivity contribution is 6.46. The Morgan fingerprint density at radius 1 is 1.08 bits per heavy atom. The topological polar surface area (TPSA) is 157 Å². The number of hydrogen-bond acceptors (Lipinski definition) is 10. The Morgan fingerprint density at radius 3 is 2.28 bits per heavy atom. The average molecular weight is 543 g/mol. The first-order chi connectivity index (χ1) is 18.1. The third-order valence-corrected chi connectivity index (χ3v) is 9.74. The largest absolute Gasteiger partial charge is 0.455 e. The molecule has 1 aromatic rings. The fraction of sp³-hybridized carbons (Fsp3) is 0.586. The number of carbonyl (C=O) groups excluding carboxylic acids is 4. The Balaban J connectivity index is 1.82. The molecule has 0 amide bonds. The van der Waals surface area contributed by atoms with E-state index in [-0.39, 0.29) is 36.2 Å². The predicted octanol–water partition coefficient (Wildman–Crippen LogP) is 1.29. The summed E-state index contributed by atoms with van der Waals surface area (Å²) in [4.78, 5) is 54.1. The van der Waals surface area contributed by atoms with Crippen LogP contribution in [0.15, 0.2) is 41.5 Å². The van der Waals surface area contributed by atoms with Crippen LogP contribution in [0.25, 0.3) is 0 Å². The number of carbonyl (C=O) groups is 4. The summed E-state index contributed by atoms with van der Waals surface area (Å²) >= 11 is 0. The number of ketones is 2. The number of hydrogen-bond donors (Lipinski definition) is 3. The molecule has 4 aliphatic rings. The monoisotopic (exact) mass is 542 g/mol. The van der Waals surface area contributed by atoms with E-state index in [4.69, 9.17) is 14.2 Å². The third-order valence-electron chi connectivity index (χ3n) is 9.74. The van der Waals surface area contributed by atoms with Crippen LogP contribution in [-0.2, 0) is 28.6 Å². The van der Waals surface area contributed by atoms with Crippen molar-refractivity contribution in [1.82, 2.24) is 0 Å². The molecule has 0 radical (unpaired) electrons. The molecule has 5 rings (SSSR count). The van der Waals surface area contributed by atoms with Gasteiger partial charge in [0.15, 0.2) is 5.60 Å². The van der Waals surface area contributed by atoms with Gasteiger partial charge in [0, 0.05) is 30.8 Å². The van der Waals surface area contributed by atoms with Crippen LogP contribution in [0.1, 0.15) is 57.8 Å². The van der Waals surface area contributed by atoms with Gasteiger partial charge < -0.3 is 29.5 Å². The molecule has 1 saturated heterocycles. The van der Waals surface area contributed by atoms with Crippen molar-refractivity contribution < 1.29 is 48.7 Å². The zero-order valence-corrected chi connectivity index (χ0v) is 22.6. The highest BCUT2D eigenvalue weighted by Gasteiger charge is 2.78. The molecule has 2 bridgehead atoms. The molecule has 2 saturated carbocycles. The van der Waals surface area contributed by atoms with Crippen molar-refractivity contribution in [3.8, 4) is 0 Å². The Hall–Kier alpha value is -2.92. The van der Waals surface area contributed by atoms with E-state index in [1.807, 2.05) is 0 Å². The van der Waals surface area contributed by atoms with Gasteiger partial charge in [0.05, 0.1) is 35.7 Å². The second kappa shape index (κ2) is 8.79. The lowest BCUT2D eigenvalue weighted by Gasteiger charge is -2.66. The summed E-state index contributed by atoms with van der Waals surface area (Å²) in [5, 5.41) is 35.1.